The number of benzene rings is 2. The minimum Gasteiger partial charge on any atom is -0.353 e. The summed E-state index contributed by atoms with van der Waals surface area (Å²) >= 11 is 1.42. The summed E-state index contributed by atoms with van der Waals surface area (Å²) in [5.41, 5.74) is -0.0292. The zero-order valence-electron chi connectivity index (χ0n) is 13.6. The smallest absolute Gasteiger partial charge is 0.230 e. The third kappa shape index (κ3) is 5.04. The molecule has 128 valence electrons. The highest BCUT2D eigenvalue weighted by molar-refractivity contribution is 8.00. The minimum atomic E-state index is -0.610. The van der Waals surface area contributed by atoms with Crippen molar-refractivity contribution in [1.29, 1.82) is 0 Å². The van der Waals surface area contributed by atoms with Crippen LogP contribution in [0.15, 0.2) is 53.4 Å². The summed E-state index contributed by atoms with van der Waals surface area (Å²) in [6.45, 7) is 0.138. The van der Waals surface area contributed by atoms with Crippen LogP contribution in [0.5, 0.6) is 0 Å². The van der Waals surface area contributed by atoms with Gasteiger partial charge in [-0.15, -0.1) is 11.8 Å². The number of likely N-dealkylation sites (N-methyl/N-ethyl adjacent to an activating group) is 1. The summed E-state index contributed by atoms with van der Waals surface area (Å²) in [6, 6.07) is 12.8. The Hall–Kier alpha value is -1.92. The Kier molecular flexibility index (Phi) is 6.75. The van der Waals surface area contributed by atoms with E-state index in [-0.39, 0.29) is 23.8 Å². The molecule has 1 unspecified atom stereocenters. The van der Waals surface area contributed by atoms with E-state index in [0.29, 0.717) is 0 Å². The van der Waals surface area contributed by atoms with Crippen molar-refractivity contribution in [3.8, 4) is 0 Å². The first-order chi connectivity index (χ1) is 11.5. The van der Waals surface area contributed by atoms with Crippen LogP contribution in [-0.4, -0.2) is 37.2 Å². The summed E-state index contributed by atoms with van der Waals surface area (Å²) in [5.74, 6) is -1.14. The van der Waals surface area contributed by atoms with Crippen LogP contribution in [-0.2, 0) is 4.79 Å². The molecule has 0 heterocycles. The Morgan fingerprint density at radius 2 is 1.71 bits per heavy atom. The van der Waals surface area contributed by atoms with Gasteiger partial charge in [-0.25, -0.2) is 8.78 Å². The molecule has 0 radical (unpaired) electrons. The fraction of sp³-hybridized carbons (Fsp3) is 0.278. The predicted molar refractivity (Wildman–Crippen MR) is 93.0 cm³/mol. The maximum atomic E-state index is 14.0. The summed E-state index contributed by atoms with van der Waals surface area (Å²) in [4.78, 5) is 14.7. The van der Waals surface area contributed by atoms with Gasteiger partial charge in [0.15, 0.2) is 0 Å². The van der Waals surface area contributed by atoms with Crippen molar-refractivity contribution in [2.75, 3.05) is 26.4 Å². The normalized spacial score (nSPS) is 12.2. The lowest BCUT2D eigenvalue weighted by Crippen LogP contribution is -2.36. The van der Waals surface area contributed by atoms with Gasteiger partial charge in [0.25, 0.3) is 0 Å². The van der Waals surface area contributed by atoms with Crippen molar-refractivity contribution in [2.24, 2.45) is 0 Å². The van der Waals surface area contributed by atoms with Crippen LogP contribution in [0, 0.1) is 11.6 Å². The van der Waals surface area contributed by atoms with Crippen molar-refractivity contribution in [3.63, 3.8) is 0 Å². The number of thioether (sulfide) groups is 1. The lowest BCUT2D eigenvalue weighted by molar-refractivity contribution is -0.118. The second-order valence-corrected chi connectivity index (χ2v) is 6.57. The van der Waals surface area contributed by atoms with E-state index in [1.807, 2.05) is 30.3 Å². The van der Waals surface area contributed by atoms with Crippen molar-refractivity contribution in [1.82, 2.24) is 10.2 Å². The average molecular weight is 350 g/mol. The first-order valence-corrected chi connectivity index (χ1v) is 8.52. The molecule has 2 rings (SSSR count). The molecule has 0 bridgehead atoms. The largest absolute Gasteiger partial charge is 0.353 e. The van der Waals surface area contributed by atoms with Crippen LogP contribution < -0.4 is 5.32 Å². The van der Waals surface area contributed by atoms with Gasteiger partial charge in [-0.2, -0.15) is 0 Å². The number of hydrogen-bond donors (Lipinski definition) is 1. The SMILES string of the molecule is CN(C)C(CNC(=O)CSc1ccccc1)c1c(F)cccc1F. The highest BCUT2D eigenvalue weighted by Gasteiger charge is 2.22. The van der Waals surface area contributed by atoms with Crippen LogP contribution in [0.2, 0.25) is 0 Å². The number of carbonyl (C=O) groups is 1. The van der Waals surface area contributed by atoms with Crippen LogP contribution in [0.4, 0.5) is 8.78 Å². The average Bonchev–Trinajstić information content (AvgIpc) is 2.56. The molecule has 0 aliphatic carbocycles. The summed E-state index contributed by atoms with van der Waals surface area (Å²) in [5, 5.41) is 2.75. The molecule has 24 heavy (non-hydrogen) atoms. The van der Waals surface area contributed by atoms with Gasteiger partial charge in [-0.1, -0.05) is 24.3 Å². The predicted octanol–water partition coefficient (Wildman–Crippen LogP) is 3.48. The summed E-state index contributed by atoms with van der Waals surface area (Å²) < 4.78 is 27.9. The topological polar surface area (TPSA) is 32.3 Å². The van der Waals surface area contributed by atoms with Gasteiger partial charge in [0, 0.05) is 17.0 Å². The number of amides is 1. The molecule has 1 N–H and O–H groups in total. The van der Waals surface area contributed by atoms with Crippen molar-refractivity contribution < 1.29 is 13.6 Å². The monoisotopic (exact) mass is 350 g/mol. The van der Waals surface area contributed by atoms with E-state index >= 15 is 0 Å². The van der Waals surface area contributed by atoms with Crippen LogP contribution in [0.25, 0.3) is 0 Å². The van der Waals surface area contributed by atoms with Crippen molar-refractivity contribution >= 4 is 17.7 Å². The lowest BCUT2D eigenvalue weighted by atomic mass is 10.0. The second kappa shape index (κ2) is 8.80. The van der Waals surface area contributed by atoms with E-state index in [1.54, 1.807) is 19.0 Å². The number of rotatable bonds is 7. The quantitative estimate of drug-likeness (QED) is 0.776. The highest BCUT2D eigenvalue weighted by atomic mass is 32.2. The van der Waals surface area contributed by atoms with Gasteiger partial charge in [0.1, 0.15) is 11.6 Å². The molecule has 1 amide bonds. The molecule has 3 nitrogen and oxygen atoms in total. The van der Waals surface area contributed by atoms with Gasteiger partial charge < -0.3 is 10.2 Å². The van der Waals surface area contributed by atoms with Gasteiger partial charge >= 0.3 is 0 Å². The number of carbonyl (C=O) groups excluding carboxylic acids is 1. The van der Waals surface area contributed by atoms with Crippen LogP contribution in [0.3, 0.4) is 0 Å². The Morgan fingerprint density at radius 3 is 2.29 bits per heavy atom. The number of nitrogens with zero attached hydrogens (tertiary/aromatic N) is 1. The number of halogens is 2. The second-order valence-electron chi connectivity index (χ2n) is 5.52. The van der Waals surface area contributed by atoms with Gasteiger partial charge in [0.2, 0.25) is 5.91 Å². The first kappa shape index (κ1) is 18.4. The lowest BCUT2D eigenvalue weighted by Gasteiger charge is -2.25. The third-order valence-corrected chi connectivity index (χ3v) is 4.57. The molecular formula is C18H20F2N2OS. The highest BCUT2D eigenvalue weighted by Crippen LogP contribution is 2.24. The minimum absolute atomic E-state index is 0.0292. The fourth-order valence-corrected chi connectivity index (χ4v) is 3.05. The third-order valence-electron chi connectivity index (χ3n) is 3.56. The van der Waals surface area contributed by atoms with Gasteiger partial charge in [0.05, 0.1) is 11.8 Å². The Labute approximate surface area is 145 Å². The molecular weight excluding hydrogens is 330 g/mol. The van der Waals surface area contributed by atoms with Crippen molar-refractivity contribution in [2.45, 2.75) is 10.9 Å². The van der Waals surface area contributed by atoms with E-state index in [1.165, 1.54) is 30.0 Å². The maximum absolute atomic E-state index is 14.0. The van der Waals surface area contributed by atoms with E-state index in [2.05, 4.69) is 5.32 Å². The number of hydrogen-bond acceptors (Lipinski definition) is 3. The molecule has 0 spiro atoms. The zero-order chi connectivity index (χ0) is 17.5. The van der Waals surface area contributed by atoms with Crippen molar-refractivity contribution in [3.05, 3.63) is 65.7 Å². The molecule has 6 heteroatoms. The Morgan fingerprint density at radius 1 is 1.08 bits per heavy atom. The molecule has 2 aromatic carbocycles. The molecule has 2 aromatic rings. The van der Waals surface area contributed by atoms with E-state index in [4.69, 9.17) is 0 Å². The molecule has 0 fully saturated rings. The first-order valence-electron chi connectivity index (χ1n) is 7.54. The molecule has 0 aliphatic rings. The molecule has 0 aromatic heterocycles. The number of nitrogens with one attached hydrogen (secondary N) is 1. The molecule has 0 aliphatic heterocycles. The molecule has 0 saturated carbocycles. The fourth-order valence-electron chi connectivity index (χ4n) is 2.30. The summed E-state index contributed by atoms with van der Waals surface area (Å²) in [7, 11) is 3.45. The Balaban J connectivity index is 1.95. The summed E-state index contributed by atoms with van der Waals surface area (Å²) in [6.07, 6.45) is 0. The molecule has 0 saturated heterocycles. The van der Waals surface area contributed by atoms with E-state index in [9.17, 15) is 13.6 Å². The van der Waals surface area contributed by atoms with E-state index < -0.39 is 17.7 Å². The maximum Gasteiger partial charge on any atom is 0.230 e. The standard InChI is InChI=1S/C18H20F2N2OS/c1-22(2)16(18-14(19)9-6-10-15(18)20)11-21-17(23)12-24-13-7-4-3-5-8-13/h3-10,16H,11-12H2,1-2H3,(H,21,23). The van der Waals surface area contributed by atoms with Crippen LogP contribution in [0.1, 0.15) is 11.6 Å². The van der Waals surface area contributed by atoms with Crippen LogP contribution >= 0.6 is 11.8 Å². The zero-order valence-corrected chi connectivity index (χ0v) is 14.4. The molecule has 1 atom stereocenters. The van der Waals surface area contributed by atoms with Gasteiger partial charge in [-0.05, 0) is 38.4 Å². The Bertz CT molecular complexity index is 660. The van der Waals surface area contributed by atoms with Gasteiger partial charge in [-0.3, -0.25) is 4.79 Å². The van der Waals surface area contributed by atoms with E-state index in [0.717, 1.165) is 4.90 Å².